The second kappa shape index (κ2) is 4.30. The Kier molecular flexibility index (Phi) is 3.06. The normalized spacial score (nSPS) is 26.7. The Hall–Kier alpha value is -0.570. The van der Waals surface area contributed by atoms with Crippen LogP contribution in [-0.4, -0.2) is 23.8 Å². The van der Waals surface area contributed by atoms with Gasteiger partial charge < -0.3 is 10.4 Å². The smallest absolute Gasteiger partial charge is 0.0679 e. The van der Waals surface area contributed by atoms with E-state index in [1.807, 2.05) is 24.3 Å². The summed E-state index contributed by atoms with van der Waals surface area (Å²) in [6.07, 6.45) is 1.64. The Balaban J connectivity index is 1.94. The van der Waals surface area contributed by atoms with Gasteiger partial charge in [0.1, 0.15) is 0 Å². The lowest BCUT2D eigenvalue weighted by Gasteiger charge is -2.09. The van der Waals surface area contributed by atoms with Crippen LogP contribution in [0, 0.1) is 0 Å². The molecule has 0 spiro atoms. The highest BCUT2D eigenvalue weighted by Crippen LogP contribution is 2.15. The van der Waals surface area contributed by atoms with E-state index in [0.717, 1.165) is 24.4 Å². The van der Waals surface area contributed by atoms with E-state index in [-0.39, 0.29) is 6.10 Å². The van der Waals surface area contributed by atoms with Crippen LogP contribution in [-0.2, 0) is 6.42 Å². The molecule has 1 aliphatic rings. The van der Waals surface area contributed by atoms with E-state index in [1.54, 1.807) is 0 Å². The first-order valence-electron chi connectivity index (χ1n) is 4.90. The second-order valence-electron chi connectivity index (χ2n) is 3.83. The Morgan fingerprint density at radius 1 is 1.36 bits per heavy atom. The minimum absolute atomic E-state index is 0.174. The van der Waals surface area contributed by atoms with Crippen molar-refractivity contribution in [3.05, 3.63) is 34.9 Å². The predicted molar refractivity (Wildman–Crippen MR) is 57.6 cm³/mol. The lowest BCUT2D eigenvalue weighted by atomic mass is 10.0. The quantitative estimate of drug-likeness (QED) is 0.779. The summed E-state index contributed by atoms with van der Waals surface area (Å²) in [5.74, 6) is 0. The van der Waals surface area contributed by atoms with Crippen LogP contribution in [0.1, 0.15) is 12.0 Å². The van der Waals surface area contributed by atoms with E-state index < -0.39 is 0 Å². The van der Waals surface area contributed by atoms with Gasteiger partial charge in [-0.2, -0.15) is 0 Å². The molecule has 14 heavy (non-hydrogen) atoms. The average molecular weight is 212 g/mol. The Morgan fingerprint density at radius 2 is 2.07 bits per heavy atom. The molecule has 0 amide bonds. The summed E-state index contributed by atoms with van der Waals surface area (Å²) in [5, 5.41) is 13.4. The zero-order chi connectivity index (χ0) is 9.97. The number of β-amino-alcohol motifs (C(OH)–C–C–N with tert-alkyl or cyclic N) is 1. The maximum atomic E-state index is 9.34. The second-order valence-corrected chi connectivity index (χ2v) is 4.26. The van der Waals surface area contributed by atoms with Gasteiger partial charge in [-0.3, -0.25) is 0 Å². The van der Waals surface area contributed by atoms with Crippen LogP contribution in [0.5, 0.6) is 0 Å². The van der Waals surface area contributed by atoms with Crippen molar-refractivity contribution in [3.8, 4) is 0 Å². The third-order valence-electron chi connectivity index (χ3n) is 2.59. The zero-order valence-corrected chi connectivity index (χ0v) is 8.67. The number of aliphatic hydroxyl groups is 1. The number of nitrogens with one attached hydrogen (secondary N) is 1. The van der Waals surface area contributed by atoms with Crippen LogP contribution in [0.4, 0.5) is 0 Å². The van der Waals surface area contributed by atoms with Crippen LogP contribution in [0.3, 0.4) is 0 Å². The molecule has 1 heterocycles. The fraction of sp³-hybridized carbons (Fsp3) is 0.455. The van der Waals surface area contributed by atoms with Crippen molar-refractivity contribution >= 4 is 11.6 Å². The first-order valence-corrected chi connectivity index (χ1v) is 5.28. The maximum Gasteiger partial charge on any atom is 0.0679 e. The Morgan fingerprint density at radius 3 is 2.64 bits per heavy atom. The molecule has 1 aromatic carbocycles. The zero-order valence-electron chi connectivity index (χ0n) is 7.91. The molecule has 3 heteroatoms. The van der Waals surface area contributed by atoms with E-state index in [1.165, 1.54) is 5.56 Å². The summed E-state index contributed by atoms with van der Waals surface area (Å²) in [7, 11) is 0. The van der Waals surface area contributed by atoms with Crippen molar-refractivity contribution < 1.29 is 5.11 Å². The van der Waals surface area contributed by atoms with Crippen LogP contribution in [0.15, 0.2) is 24.3 Å². The van der Waals surface area contributed by atoms with Gasteiger partial charge in [0.2, 0.25) is 0 Å². The minimum atomic E-state index is -0.174. The molecule has 1 saturated heterocycles. The largest absolute Gasteiger partial charge is 0.392 e. The molecular weight excluding hydrogens is 198 g/mol. The molecule has 76 valence electrons. The number of hydrogen-bond acceptors (Lipinski definition) is 2. The van der Waals surface area contributed by atoms with Gasteiger partial charge in [0.15, 0.2) is 0 Å². The third-order valence-corrected chi connectivity index (χ3v) is 2.85. The molecule has 1 aromatic rings. The number of hydrogen-bond donors (Lipinski definition) is 2. The molecule has 2 N–H and O–H groups in total. The van der Waals surface area contributed by atoms with Crippen LogP contribution in [0.25, 0.3) is 0 Å². The van der Waals surface area contributed by atoms with Crippen molar-refractivity contribution in [2.75, 3.05) is 6.54 Å². The lowest BCUT2D eigenvalue weighted by Crippen LogP contribution is -2.23. The van der Waals surface area contributed by atoms with E-state index in [9.17, 15) is 5.11 Å². The van der Waals surface area contributed by atoms with Gasteiger partial charge in [-0.25, -0.2) is 0 Å². The summed E-state index contributed by atoms with van der Waals surface area (Å²) in [6, 6.07) is 8.29. The molecule has 0 saturated carbocycles. The first-order chi connectivity index (χ1) is 6.74. The first kappa shape index (κ1) is 9.97. The monoisotopic (exact) mass is 211 g/mol. The number of aliphatic hydroxyl groups excluding tert-OH is 1. The summed E-state index contributed by atoms with van der Waals surface area (Å²) in [4.78, 5) is 0. The standard InChI is InChI=1S/C11H14ClNO/c12-9-3-1-8(2-4-9)5-10-6-11(14)7-13-10/h1-4,10-11,13-14H,5-7H2/t10?,11-/m1/s1. The highest BCUT2D eigenvalue weighted by molar-refractivity contribution is 6.30. The van der Waals surface area contributed by atoms with Gasteiger partial charge in [0, 0.05) is 17.6 Å². The fourth-order valence-electron chi connectivity index (χ4n) is 1.86. The lowest BCUT2D eigenvalue weighted by molar-refractivity contribution is 0.193. The van der Waals surface area contributed by atoms with Gasteiger partial charge >= 0.3 is 0 Å². The topological polar surface area (TPSA) is 32.3 Å². The van der Waals surface area contributed by atoms with Crippen molar-refractivity contribution in [1.82, 2.24) is 5.32 Å². The van der Waals surface area contributed by atoms with Gasteiger partial charge in [-0.15, -0.1) is 0 Å². The van der Waals surface area contributed by atoms with Crippen LogP contribution in [0.2, 0.25) is 5.02 Å². The molecule has 2 nitrogen and oxygen atoms in total. The van der Waals surface area contributed by atoms with Crippen molar-refractivity contribution in [1.29, 1.82) is 0 Å². The third kappa shape index (κ3) is 2.47. The van der Waals surface area contributed by atoms with E-state index in [4.69, 9.17) is 11.6 Å². The van der Waals surface area contributed by atoms with Crippen molar-refractivity contribution in [3.63, 3.8) is 0 Å². The average Bonchev–Trinajstić information content (AvgIpc) is 2.56. The van der Waals surface area contributed by atoms with Gasteiger partial charge in [0.05, 0.1) is 6.10 Å². The van der Waals surface area contributed by atoms with Crippen molar-refractivity contribution in [2.45, 2.75) is 25.0 Å². The highest BCUT2D eigenvalue weighted by atomic mass is 35.5. The molecule has 1 unspecified atom stereocenters. The van der Waals surface area contributed by atoms with Crippen LogP contribution >= 0.6 is 11.6 Å². The molecule has 1 aliphatic heterocycles. The molecule has 2 rings (SSSR count). The summed E-state index contributed by atoms with van der Waals surface area (Å²) in [6.45, 7) is 0.720. The maximum absolute atomic E-state index is 9.34. The number of rotatable bonds is 2. The van der Waals surface area contributed by atoms with Crippen molar-refractivity contribution in [2.24, 2.45) is 0 Å². The molecule has 2 atom stereocenters. The summed E-state index contributed by atoms with van der Waals surface area (Å²) < 4.78 is 0. The van der Waals surface area contributed by atoms with E-state index in [0.29, 0.717) is 6.04 Å². The van der Waals surface area contributed by atoms with E-state index >= 15 is 0 Å². The van der Waals surface area contributed by atoms with Gasteiger partial charge in [-0.1, -0.05) is 23.7 Å². The fourth-order valence-corrected chi connectivity index (χ4v) is 1.98. The number of benzene rings is 1. The molecule has 0 aromatic heterocycles. The Labute approximate surface area is 88.9 Å². The summed E-state index contributed by atoms with van der Waals surface area (Å²) >= 11 is 5.80. The molecule has 0 bridgehead atoms. The predicted octanol–water partition coefficient (Wildman–Crippen LogP) is 1.61. The minimum Gasteiger partial charge on any atom is -0.392 e. The number of halogens is 1. The Bertz CT molecular complexity index is 299. The summed E-state index contributed by atoms with van der Waals surface area (Å²) in [5.41, 5.74) is 1.26. The molecular formula is C11H14ClNO. The molecule has 1 fully saturated rings. The van der Waals surface area contributed by atoms with Crippen LogP contribution < -0.4 is 5.32 Å². The SMILES string of the molecule is O[C@H]1CNC(Cc2ccc(Cl)cc2)C1. The highest BCUT2D eigenvalue weighted by Gasteiger charge is 2.21. The van der Waals surface area contributed by atoms with Gasteiger partial charge in [-0.05, 0) is 30.5 Å². The van der Waals surface area contributed by atoms with E-state index in [2.05, 4.69) is 5.32 Å². The molecule has 0 aliphatic carbocycles. The molecule has 0 radical (unpaired) electrons. The van der Waals surface area contributed by atoms with Gasteiger partial charge in [0.25, 0.3) is 0 Å².